The van der Waals surface area contributed by atoms with Crippen LogP contribution < -0.4 is 0 Å². The monoisotopic (exact) mass is 576 g/mol. The van der Waals surface area contributed by atoms with Crippen LogP contribution in [0.1, 0.15) is 138 Å². The number of H-pyrrole nitrogens is 2. The maximum atomic E-state index is 4.93. The molecule has 0 amide bonds. The molecule has 0 aromatic carbocycles. The van der Waals surface area contributed by atoms with Crippen LogP contribution in [-0.4, -0.2) is 19.9 Å². The molecular weight excluding hydrogens is 524 g/mol. The normalized spacial score (nSPS) is 13.2. The molecule has 1 unspecified atom stereocenters. The number of unbranched alkanes of at least 4 members (excludes halogenated alkanes) is 11. The van der Waals surface area contributed by atoms with Crippen molar-refractivity contribution in [3.63, 3.8) is 0 Å². The molecule has 3 aromatic rings. The summed E-state index contributed by atoms with van der Waals surface area (Å²) in [6.45, 7) is 4.60. The fourth-order valence-electron chi connectivity index (χ4n) is 6.51. The van der Waals surface area contributed by atoms with E-state index in [1.165, 1.54) is 107 Å². The molecule has 0 saturated heterocycles. The molecule has 2 N–H and O–H groups in total. The minimum atomic E-state index is 0.725. The molecule has 0 spiro atoms. The fraction of sp³-hybridized carbons (Fsp3) is 0.487. The predicted molar refractivity (Wildman–Crippen MR) is 187 cm³/mol. The average Bonchev–Trinajstić information content (AvgIpc) is 3.80. The summed E-state index contributed by atoms with van der Waals surface area (Å²) < 4.78 is 0. The molecule has 0 radical (unpaired) electrons. The highest BCUT2D eigenvalue weighted by Crippen LogP contribution is 2.27. The molecule has 5 rings (SSSR count). The number of hydrogen-bond donors (Lipinski definition) is 2. The maximum absolute atomic E-state index is 4.93. The third-order valence-corrected chi connectivity index (χ3v) is 8.94. The number of aromatic nitrogens is 4. The number of rotatable bonds is 17. The van der Waals surface area contributed by atoms with Crippen molar-refractivity contribution in [2.24, 2.45) is 5.92 Å². The van der Waals surface area contributed by atoms with E-state index in [9.17, 15) is 0 Å². The van der Waals surface area contributed by atoms with E-state index in [-0.39, 0.29) is 0 Å². The maximum Gasteiger partial charge on any atom is 0.0658 e. The van der Waals surface area contributed by atoms with Crippen molar-refractivity contribution in [2.75, 3.05) is 0 Å². The summed E-state index contributed by atoms with van der Waals surface area (Å²) in [5.41, 5.74) is 9.73. The van der Waals surface area contributed by atoms with Gasteiger partial charge in [-0.2, -0.15) is 0 Å². The van der Waals surface area contributed by atoms with Gasteiger partial charge in [0.05, 0.1) is 22.8 Å². The Balaban J connectivity index is 1.40. The van der Waals surface area contributed by atoms with E-state index in [0.29, 0.717) is 0 Å². The van der Waals surface area contributed by atoms with Gasteiger partial charge in [0, 0.05) is 22.1 Å². The molecule has 0 aliphatic carbocycles. The topological polar surface area (TPSA) is 57.4 Å². The van der Waals surface area contributed by atoms with Crippen LogP contribution in [0.4, 0.5) is 0 Å². The predicted octanol–water partition coefficient (Wildman–Crippen LogP) is 11.7. The zero-order valence-corrected chi connectivity index (χ0v) is 26.6. The molecule has 43 heavy (non-hydrogen) atoms. The number of nitrogens with one attached hydrogen (secondary N) is 2. The largest absolute Gasteiger partial charge is 0.355 e. The Morgan fingerprint density at radius 2 is 0.977 bits per heavy atom. The molecule has 228 valence electrons. The van der Waals surface area contributed by atoms with Crippen LogP contribution in [0.3, 0.4) is 0 Å². The molecule has 2 aliphatic heterocycles. The van der Waals surface area contributed by atoms with E-state index in [0.717, 1.165) is 51.7 Å². The van der Waals surface area contributed by atoms with Gasteiger partial charge in [0.2, 0.25) is 0 Å². The van der Waals surface area contributed by atoms with Gasteiger partial charge in [-0.3, -0.25) is 0 Å². The second-order valence-corrected chi connectivity index (χ2v) is 12.7. The van der Waals surface area contributed by atoms with Gasteiger partial charge in [-0.25, -0.2) is 9.97 Å². The van der Waals surface area contributed by atoms with E-state index in [1.807, 2.05) is 0 Å². The third-order valence-electron chi connectivity index (χ3n) is 8.94. The van der Waals surface area contributed by atoms with Gasteiger partial charge in [0.25, 0.3) is 0 Å². The first-order valence-electron chi connectivity index (χ1n) is 17.3. The average molecular weight is 577 g/mol. The standard InChI is InChI=1S/C39H52N4/c1-3-5-7-9-11-13-15-17-30(16-14-12-10-8-6-4-2)24-31-25-38-28-36-21-20-34(41-36)26-32-18-19-33(40-32)27-35-22-23-37(42-35)29-39(31)43-38/h18-23,25-30,40,43H,3-17,24H2,1-2H3. The van der Waals surface area contributed by atoms with Gasteiger partial charge >= 0.3 is 0 Å². The van der Waals surface area contributed by atoms with Crippen molar-refractivity contribution in [3.8, 4) is 0 Å². The van der Waals surface area contributed by atoms with E-state index in [2.05, 4.69) is 90.6 Å². The first-order chi connectivity index (χ1) is 21.2. The molecule has 2 aliphatic rings. The Kier molecular flexibility index (Phi) is 11.9. The lowest BCUT2D eigenvalue weighted by Crippen LogP contribution is -2.05. The number of fused-ring (bicyclic) bond motifs is 8. The number of hydrogen-bond acceptors (Lipinski definition) is 2. The first kappa shape index (κ1) is 31.0. The summed E-state index contributed by atoms with van der Waals surface area (Å²) >= 11 is 0. The summed E-state index contributed by atoms with van der Waals surface area (Å²) in [6.07, 6.45) is 30.1. The van der Waals surface area contributed by atoms with E-state index >= 15 is 0 Å². The lowest BCUT2D eigenvalue weighted by Gasteiger charge is -2.17. The number of aromatic amines is 2. The Bertz CT molecular complexity index is 1520. The van der Waals surface area contributed by atoms with Crippen LogP contribution in [0.25, 0.3) is 46.4 Å². The molecule has 4 heteroatoms. The van der Waals surface area contributed by atoms with Crippen molar-refractivity contribution >= 4 is 46.4 Å². The molecule has 4 nitrogen and oxygen atoms in total. The van der Waals surface area contributed by atoms with E-state index in [1.54, 1.807) is 0 Å². The molecule has 5 heterocycles. The lowest BCUT2D eigenvalue weighted by molar-refractivity contribution is 0.401. The second-order valence-electron chi connectivity index (χ2n) is 12.7. The highest BCUT2D eigenvalue weighted by molar-refractivity contribution is 5.78. The van der Waals surface area contributed by atoms with Gasteiger partial charge < -0.3 is 9.97 Å². The Morgan fingerprint density at radius 1 is 0.512 bits per heavy atom. The number of nitrogens with zero attached hydrogens (tertiary/aromatic N) is 2. The highest BCUT2D eigenvalue weighted by atomic mass is 14.8. The molecule has 3 aromatic heterocycles. The second kappa shape index (κ2) is 16.4. The SMILES string of the molecule is CCCCCCCCCC(CCCCCCCC)Cc1cc2cc3nc(cc4ccc(cc5nc(cc1[nH]2)C=C5)[nH]4)C=C3. The van der Waals surface area contributed by atoms with Gasteiger partial charge in [-0.1, -0.05) is 110 Å². The highest BCUT2D eigenvalue weighted by Gasteiger charge is 2.13. The van der Waals surface area contributed by atoms with E-state index in [4.69, 9.17) is 9.97 Å². The van der Waals surface area contributed by atoms with Crippen molar-refractivity contribution < 1.29 is 0 Å². The van der Waals surface area contributed by atoms with Crippen molar-refractivity contribution in [2.45, 2.75) is 117 Å². The van der Waals surface area contributed by atoms with Crippen molar-refractivity contribution in [1.82, 2.24) is 19.9 Å². The summed E-state index contributed by atoms with van der Waals surface area (Å²) in [5, 5.41) is 0. The lowest BCUT2D eigenvalue weighted by atomic mass is 9.89. The summed E-state index contributed by atoms with van der Waals surface area (Å²) in [4.78, 5) is 17.0. The zero-order valence-electron chi connectivity index (χ0n) is 26.6. The molecular formula is C39H52N4. The van der Waals surface area contributed by atoms with Crippen LogP contribution in [0, 0.1) is 5.92 Å². The van der Waals surface area contributed by atoms with Gasteiger partial charge in [0.15, 0.2) is 0 Å². The smallest absolute Gasteiger partial charge is 0.0658 e. The Hall–Kier alpha value is -3.40. The van der Waals surface area contributed by atoms with Crippen LogP contribution in [0.5, 0.6) is 0 Å². The summed E-state index contributed by atoms with van der Waals surface area (Å²) in [5.74, 6) is 0.725. The summed E-state index contributed by atoms with van der Waals surface area (Å²) in [7, 11) is 0. The minimum Gasteiger partial charge on any atom is -0.355 e. The minimum absolute atomic E-state index is 0.725. The Labute approximate surface area is 259 Å². The summed E-state index contributed by atoms with van der Waals surface area (Å²) in [6, 6.07) is 15.2. The van der Waals surface area contributed by atoms with Gasteiger partial charge in [-0.05, 0) is 84.7 Å². The molecule has 1 atom stereocenters. The zero-order chi connectivity index (χ0) is 29.7. The van der Waals surface area contributed by atoms with Crippen LogP contribution in [0.15, 0.2) is 42.5 Å². The van der Waals surface area contributed by atoms with Crippen LogP contribution in [0.2, 0.25) is 0 Å². The van der Waals surface area contributed by atoms with Gasteiger partial charge in [-0.15, -0.1) is 0 Å². The van der Waals surface area contributed by atoms with Crippen molar-refractivity contribution in [1.29, 1.82) is 0 Å². The molecule has 0 fully saturated rings. The first-order valence-corrected chi connectivity index (χ1v) is 17.3. The fourth-order valence-corrected chi connectivity index (χ4v) is 6.51. The van der Waals surface area contributed by atoms with E-state index < -0.39 is 0 Å². The van der Waals surface area contributed by atoms with Crippen molar-refractivity contribution in [3.05, 3.63) is 70.8 Å². The van der Waals surface area contributed by atoms with Crippen LogP contribution in [-0.2, 0) is 6.42 Å². The molecule has 8 bridgehead atoms. The van der Waals surface area contributed by atoms with Gasteiger partial charge in [0.1, 0.15) is 0 Å². The third kappa shape index (κ3) is 9.81. The molecule has 0 saturated carbocycles. The Morgan fingerprint density at radius 3 is 1.51 bits per heavy atom. The van der Waals surface area contributed by atoms with Crippen LogP contribution >= 0.6 is 0 Å². The quantitative estimate of drug-likeness (QED) is 0.108.